The molecule has 1 aliphatic carbocycles. The zero-order chi connectivity index (χ0) is 4.41. The molecule has 0 aromatic heterocycles. The Morgan fingerprint density at radius 1 is 1.17 bits per heavy atom. The summed E-state index contributed by atoms with van der Waals surface area (Å²) in [6, 6.07) is 0. The van der Waals surface area contributed by atoms with E-state index in [1.165, 1.54) is 31.3 Å². The first kappa shape index (κ1) is 3.91. The van der Waals surface area contributed by atoms with E-state index < -0.39 is 0 Å². The summed E-state index contributed by atoms with van der Waals surface area (Å²) in [6.07, 6.45) is 5.01. The van der Waals surface area contributed by atoms with Crippen LogP contribution in [0.5, 0.6) is 0 Å². The molecular formula is C6H9. The van der Waals surface area contributed by atoms with Crippen LogP contribution in [0.4, 0.5) is 0 Å². The molecule has 0 heterocycles. The van der Waals surface area contributed by atoms with Gasteiger partial charge in [-0.15, -0.1) is 0 Å². The maximum atomic E-state index is 5.45. The highest BCUT2D eigenvalue weighted by Crippen LogP contribution is 2.20. The van der Waals surface area contributed by atoms with Crippen molar-refractivity contribution in [3.05, 3.63) is 12.2 Å². The van der Waals surface area contributed by atoms with Gasteiger partial charge in [-0.2, -0.15) is 0 Å². The van der Waals surface area contributed by atoms with Crippen molar-refractivity contribution in [2.45, 2.75) is 25.7 Å². The van der Waals surface area contributed by atoms with E-state index in [1.54, 1.807) is 0 Å². The van der Waals surface area contributed by atoms with Crippen molar-refractivity contribution < 1.29 is 0 Å². The lowest BCUT2D eigenvalue weighted by atomic mass is 10.3. The molecule has 1 saturated carbocycles. The third-order valence-electron chi connectivity index (χ3n) is 1.25. The number of rotatable bonds is 0. The third-order valence-corrected chi connectivity index (χ3v) is 1.25. The lowest BCUT2D eigenvalue weighted by Gasteiger charge is -1.79. The smallest absolute Gasteiger partial charge is 0.0317 e. The van der Waals surface area contributed by atoms with E-state index in [4.69, 9.17) is 6.58 Å². The summed E-state index contributed by atoms with van der Waals surface area (Å²) in [5.74, 6) is 0. The summed E-state index contributed by atoms with van der Waals surface area (Å²) in [7, 11) is 0. The summed E-state index contributed by atoms with van der Waals surface area (Å²) in [6.45, 7) is 5.45. The molecule has 0 atom stereocenters. The number of allylic oxidation sites excluding steroid dienone is 1. The summed E-state index contributed by atoms with van der Waals surface area (Å²) >= 11 is 0. The second-order valence-corrected chi connectivity index (χ2v) is 1.87. The second kappa shape index (κ2) is 1.46. The topological polar surface area (TPSA) is 0 Å². The van der Waals surface area contributed by atoms with Crippen LogP contribution in [0.3, 0.4) is 0 Å². The summed E-state index contributed by atoms with van der Waals surface area (Å²) in [4.78, 5) is 0. The van der Waals surface area contributed by atoms with Crippen molar-refractivity contribution in [1.82, 2.24) is 0 Å². The van der Waals surface area contributed by atoms with Crippen LogP contribution in [0.2, 0.25) is 0 Å². The fourth-order valence-electron chi connectivity index (χ4n) is 0.829. The molecule has 0 saturated heterocycles. The Hall–Kier alpha value is -0.260. The zero-order valence-corrected chi connectivity index (χ0v) is 3.91. The van der Waals surface area contributed by atoms with Crippen LogP contribution in [0.1, 0.15) is 25.7 Å². The largest absolute Gasteiger partial charge is 0.0702 e. The first-order valence-corrected chi connectivity index (χ1v) is 2.50. The van der Waals surface area contributed by atoms with Gasteiger partial charge in [-0.05, 0) is 25.7 Å². The van der Waals surface area contributed by atoms with Crippen LogP contribution in [-0.2, 0) is 0 Å². The lowest BCUT2D eigenvalue weighted by Crippen LogP contribution is -1.60. The molecule has 0 bridgehead atoms. The van der Waals surface area contributed by atoms with Gasteiger partial charge >= 0.3 is 0 Å². The zero-order valence-electron chi connectivity index (χ0n) is 3.91. The Bertz CT molecular complexity index is 54.4. The van der Waals surface area contributed by atoms with Gasteiger partial charge in [-0.3, -0.25) is 0 Å². The third kappa shape index (κ3) is 0.618. The first-order chi connectivity index (χ1) is 2.89. The Morgan fingerprint density at radius 2 is 1.67 bits per heavy atom. The van der Waals surface area contributed by atoms with E-state index in [0.29, 0.717) is 0 Å². The van der Waals surface area contributed by atoms with Gasteiger partial charge in [0.1, 0.15) is 0 Å². The molecule has 0 heteroatoms. The fourth-order valence-corrected chi connectivity index (χ4v) is 0.829. The van der Waals surface area contributed by atoms with Crippen LogP contribution < -0.4 is 0 Å². The SMILES string of the molecule is [CH]=C1CCCC1. The molecule has 6 heavy (non-hydrogen) atoms. The van der Waals surface area contributed by atoms with E-state index in [9.17, 15) is 0 Å². The van der Waals surface area contributed by atoms with Gasteiger partial charge in [0, 0.05) is 0 Å². The van der Waals surface area contributed by atoms with Crippen LogP contribution in [0, 0.1) is 6.58 Å². The average Bonchev–Trinajstić information content (AvgIpc) is 1.86. The number of hydrogen-bond acceptors (Lipinski definition) is 0. The van der Waals surface area contributed by atoms with E-state index >= 15 is 0 Å². The van der Waals surface area contributed by atoms with E-state index in [2.05, 4.69) is 0 Å². The molecule has 1 aliphatic rings. The van der Waals surface area contributed by atoms with Crippen LogP contribution >= 0.6 is 0 Å². The monoisotopic (exact) mass is 81.1 g/mol. The normalized spacial score (nSPS) is 22.3. The molecule has 0 unspecified atom stereocenters. The average molecular weight is 81.1 g/mol. The van der Waals surface area contributed by atoms with E-state index in [-0.39, 0.29) is 0 Å². The van der Waals surface area contributed by atoms with Gasteiger partial charge in [0.05, 0.1) is 0 Å². The van der Waals surface area contributed by atoms with Gasteiger partial charge in [0.25, 0.3) is 0 Å². The Kier molecular flexibility index (Phi) is 0.952. The molecular weight excluding hydrogens is 72.1 g/mol. The van der Waals surface area contributed by atoms with Crippen LogP contribution in [0.15, 0.2) is 5.57 Å². The van der Waals surface area contributed by atoms with Crippen LogP contribution in [0.25, 0.3) is 0 Å². The molecule has 0 aromatic carbocycles. The van der Waals surface area contributed by atoms with Crippen molar-refractivity contribution in [3.8, 4) is 0 Å². The summed E-state index contributed by atoms with van der Waals surface area (Å²) in [5, 5.41) is 0. The van der Waals surface area contributed by atoms with Crippen molar-refractivity contribution in [2.24, 2.45) is 0 Å². The maximum absolute atomic E-state index is 5.45. The molecule has 1 fully saturated rings. The highest BCUT2D eigenvalue weighted by Gasteiger charge is 2.01. The predicted molar refractivity (Wildman–Crippen MR) is 26.3 cm³/mol. The Morgan fingerprint density at radius 3 is 1.83 bits per heavy atom. The standard InChI is InChI=1S/C6H9/c1-6-4-2-3-5-6/h1H,2-5H2. The molecule has 0 aromatic rings. The molecule has 0 aliphatic heterocycles. The van der Waals surface area contributed by atoms with Crippen molar-refractivity contribution in [2.75, 3.05) is 0 Å². The molecule has 0 spiro atoms. The molecule has 33 valence electrons. The minimum atomic E-state index is 1.18. The van der Waals surface area contributed by atoms with Gasteiger partial charge in [0.15, 0.2) is 0 Å². The quantitative estimate of drug-likeness (QED) is 0.418. The fraction of sp³-hybridized carbons (Fsp3) is 0.667. The van der Waals surface area contributed by atoms with E-state index in [0.717, 1.165) is 0 Å². The molecule has 1 radical (unpaired) electrons. The van der Waals surface area contributed by atoms with Crippen molar-refractivity contribution in [3.63, 3.8) is 0 Å². The molecule has 1 rings (SSSR count). The Labute approximate surface area is 38.9 Å². The van der Waals surface area contributed by atoms with Gasteiger partial charge in [0.2, 0.25) is 0 Å². The second-order valence-electron chi connectivity index (χ2n) is 1.87. The highest BCUT2D eigenvalue weighted by atomic mass is 14.1. The first-order valence-electron chi connectivity index (χ1n) is 2.50. The van der Waals surface area contributed by atoms with Gasteiger partial charge < -0.3 is 0 Å². The minimum Gasteiger partial charge on any atom is -0.0702 e. The van der Waals surface area contributed by atoms with Gasteiger partial charge in [-0.25, -0.2) is 0 Å². The molecule has 0 nitrogen and oxygen atoms in total. The molecule has 0 amide bonds. The minimum absolute atomic E-state index is 1.18. The van der Waals surface area contributed by atoms with Crippen molar-refractivity contribution in [1.29, 1.82) is 0 Å². The van der Waals surface area contributed by atoms with Crippen molar-refractivity contribution >= 4 is 0 Å². The highest BCUT2D eigenvalue weighted by molar-refractivity contribution is 4.95. The number of hydrogen-bond donors (Lipinski definition) is 0. The van der Waals surface area contributed by atoms with Crippen LogP contribution in [-0.4, -0.2) is 0 Å². The summed E-state index contributed by atoms with van der Waals surface area (Å²) in [5.41, 5.74) is 1.20. The Balaban J connectivity index is 2.37. The van der Waals surface area contributed by atoms with Gasteiger partial charge in [-0.1, -0.05) is 12.2 Å². The lowest BCUT2D eigenvalue weighted by molar-refractivity contribution is 0.886. The summed E-state index contributed by atoms with van der Waals surface area (Å²) < 4.78 is 0. The van der Waals surface area contributed by atoms with E-state index in [1.807, 2.05) is 0 Å². The maximum Gasteiger partial charge on any atom is -0.0317 e. The predicted octanol–water partition coefficient (Wildman–Crippen LogP) is 1.92. The molecule has 0 N–H and O–H groups in total.